The average molecular weight is 287 g/mol. The fourth-order valence-corrected chi connectivity index (χ4v) is 2.66. The third-order valence-corrected chi connectivity index (χ3v) is 3.63. The topological polar surface area (TPSA) is 16.1 Å². The average Bonchev–Trinajstić information content (AvgIpc) is 2.75. The summed E-state index contributed by atoms with van der Waals surface area (Å²) in [7, 11) is 2.06. The highest BCUT2D eigenvalue weighted by Crippen LogP contribution is 2.19. The molecule has 0 N–H and O–H groups in total. The zero-order valence-corrected chi connectivity index (χ0v) is 11.7. The minimum absolute atomic E-state index is 0.430. The molecule has 0 aliphatic heterocycles. The van der Waals surface area contributed by atoms with Gasteiger partial charge in [0.2, 0.25) is 0 Å². The summed E-state index contributed by atoms with van der Waals surface area (Å²) >= 11 is 13.5. The molecule has 0 unspecified atom stereocenters. The molecule has 0 bridgehead atoms. The fraction of sp³-hybridized carbons (Fsp3) is 0.250. The van der Waals surface area contributed by atoms with E-state index in [1.54, 1.807) is 17.4 Å². The van der Waals surface area contributed by atoms with Crippen molar-refractivity contribution < 1.29 is 0 Å². The number of halogens is 2. The van der Waals surface area contributed by atoms with Crippen LogP contribution >= 0.6 is 34.5 Å². The van der Waals surface area contributed by atoms with Crippen LogP contribution < -0.4 is 0 Å². The number of thiophene rings is 1. The van der Waals surface area contributed by atoms with E-state index in [1.807, 2.05) is 6.07 Å². The SMILES string of the molecule is CN(Cc1ccsc1)Cc1ccc(Cl)nc1Cl. The molecule has 2 nitrogen and oxygen atoms in total. The fourth-order valence-electron chi connectivity index (χ4n) is 1.60. The molecule has 2 aromatic heterocycles. The van der Waals surface area contributed by atoms with Gasteiger partial charge in [0.1, 0.15) is 10.3 Å². The van der Waals surface area contributed by atoms with Crippen LogP contribution in [0.4, 0.5) is 0 Å². The summed E-state index contributed by atoms with van der Waals surface area (Å²) in [6.07, 6.45) is 0. The van der Waals surface area contributed by atoms with Gasteiger partial charge in [0.25, 0.3) is 0 Å². The molecule has 5 heteroatoms. The van der Waals surface area contributed by atoms with Gasteiger partial charge in [0.15, 0.2) is 0 Å². The lowest BCUT2D eigenvalue weighted by Crippen LogP contribution is -2.17. The first-order chi connectivity index (χ1) is 8.15. The molecule has 2 rings (SSSR count). The van der Waals surface area contributed by atoms with Gasteiger partial charge >= 0.3 is 0 Å². The molecule has 0 aliphatic rings. The molecule has 0 radical (unpaired) electrons. The summed E-state index contributed by atoms with van der Waals surface area (Å²) in [6, 6.07) is 5.81. The Morgan fingerprint density at radius 2 is 2.06 bits per heavy atom. The Morgan fingerprint density at radius 1 is 1.24 bits per heavy atom. The van der Waals surface area contributed by atoms with Gasteiger partial charge in [-0.15, -0.1) is 0 Å². The molecule has 0 amide bonds. The molecule has 0 aliphatic carbocycles. The molecule has 90 valence electrons. The number of aromatic nitrogens is 1. The van der Waals surface area contributed by atoms with E-state index in [1.165, 1.54) is 5.56 Å². The molecule has 17 heavy (non-hydrogen) atoms. The maximum atomic E-state index is 6.04. The predicted octanol–water partition coefficient (Wildman–Crippen LogP) is 4.08. The zero-order chi connectivity index (χ0) is 12.3. The highest BCUT2D eigenvalue weighted by Gasteiger charge is 2.07. The van der Waals surface area contributed by atoms with E-state index < -0.39 is 0 Å². The van der Waals surface area contributed by atoms with Crippen LogP contribution in [-0.2, 0) is 13.1 Å². The molecular formula is C12H12Cl2N2S. The third-order valence-electron chi connectivity index (χ3n) is 2.36. The van der Waals surface area contributed by atoms with Crippen LogP contribution in [0.2, 0.25) is 10.3 Å². The van der Waals surface area contributed by atoms with E-state index in [-0.39, 0.29) is 0 Å². The van der Waals surface area contributed by atoms with Crippen molar-refractivity contribution in [3.05, 3.63) is 50.4 Å². The second-order valence-electron chi connectivity index (χ2n) is 3.89. The summed E-state index contributed by atoms with van der Waals surface area (Å²) in [4.78, 5) is 6.22. The van der Waals surface area contributed by atoms with Gasteiger partial charge in [-0.1, -0.05) is 29.3 Å². The lowest BCUT2D eigenvalue weighted by molar-refractivity contribution is 0.319. The monoisotopic (exact) mass is 286 g/mol. The third kappa shape index (κ3) is 3.68. The van der Waals surface area contributed by atoms with Gasteiger partial charge in [-0.25, -0.2) is 4.98 Å². The van der Waals surface area contributed by atoms with Crippen molar-refractivity contribution in [1.29, 1.82) is 0 Å². The van der Waals surface area contributed by atoms with Gasteiger partial charge < -0.3 is 0 Å². The van der Waals surface area contributed by atoms with Gasteiger partial charge in [0.05, 0.1) is 0 Å². The highest BCUT2D eigenvalue weighted by molar-refractivity contribution is 7.07. The molecule has 0 saturated heterocycles. The van der Waals surface area contributed by atoms with Gasteiger partial charge in [-0.05, 0) is 35.5 Å². The second kappa shape index (κ2) is 5.83. The molecule has 0 spiro atoms. The van der Waals surface area contributed by atoms with Crippen molar-refractivity contribution in [2.24, 2.45) is 0 Å². The minimum Gasteiger partial charge on any atom is -0.298 e. The Bertz CT molecular complexity index is 485. The van der Waals surface area contributed by atoms with Crippen molar-refractivity contribution in [2.45, 2.75) is 13.1 Å². The van der Waals surface area contributed by atoms with Crippen LogP contribution in [0.3, 0.4) is 0 Å². The van der Waals surface area contributed by atoms with Crippen LogP contribution in [-0.4, -0.2) is 16.9 Å². The van der Waals surface area contributed by atoms with Crippen molar-refractivity contribution in [3.63, 3.8) is 0 Å². The number of pyridine rings is 1. The number of nitrogens with zero attached hydrogens (tertiary/aromatic N) is 2. The number of rotatable bonds is 4. The maximum Gasteiger partial charge on any atom is 0.135 e. The van der Waals surface area contributed by atoms with Crippen LogP contribution in [0.5, 0.6) is 0 Å². The van der Waals surface area contributed by atoms with Crippen molar-refractivity contribution in [1.82, 2.24) is 9.88 Å². The van der Waals surface area contributed by atoms with Crippen molar-refractivity contribution >= 4 is 34.5 Å². The second-order valence-corrected chi connectivity index (χ2v) is 5.41. The quantitative estimate of drug-likeness (QED) is 0.788. The van der Waals surface area contributed by atoms with Crippen LogP contribution in [0.25, 0.3) is 0 Å². The summed E-state index contributed by atoms with van der Waals surface area (Å²) in [5.41, 5.74) is 2.31. The van der Waals surface area contributed by atoms with E-state index in [0.717, 1.165) is 18.7 Å². The molecule has 2 heterocycles. The first-order valence-corrected chi connectivity index (χ1v) is 6.85. The Hall–Kier alpha value is -0.610. The number of hydrogen-bond donors (Lipinski definition) is 0. The van der Waals surface area contributed by atoms with E-state index in [9.17, 15) is 0 Å². The van der Waals surface area contributed by atoms with Crippen LogP contribution in [0.15, 0.2) is 29.0 Å². The van der Waals surface area contributed by atoms with Crippen molar-refractivity contribution in [2.75, 3.05) is 7.05 Å². The number of hydrogen-bond acceptors (Lipinski definition) is 3. The van der Waals surface area contributed by atoms with Crippen LogP contribution in [0, 0.1) is 0 Å². The van der Waals surface area contributed by atoms with E-state index in [4.69, 9.17) is 23.2 Å². The van der Waals surface area contributed by atoms with E-state index in [0.29, 0.717) is 10.3 Å². The largest absolute Gasteiger partial charge is 0.298 e. The molecular weight excluding hydrogens is 275 g/mol. The molecule has 0 aromatic carbocycles. The predicted molar refractivity (Wildman–Crippen MR) is 73.7 cm³/mol. The molecule has 2 aromatic rings. The Kier molecular flexibility index (Phi) is 4.40. The standard InChI is InChI=1S/C12H12Cl2N2S/c1-16(6-9-4-5-17-8-9)7-10-2-3-11(13)15-12(10)14/h2-5,8H,6-7H2,1H3. The normalized spacial score (nSPS) is 11.1. The maximum absolute atomic E-state index is 6.04. The summed E-state index contributed by atoms with van der Waals surface area (Å²) in [5, 5.41) is 5.15. The van der Waals surface area contributed by atoms with Crippen molar-refractivity contribution in [3.8, 4) is 0 Å². The Balaban J connectivity index is 2.00. The summed E-state index contributed by atoms with van der Waals surface area (Å²) < 4.78 is 0. The Morgan fingerprint density at radius 3 is 2.71 bits per heavy atom. The van der Waals surface area contributed by atoms with Crippen LogP contribution in [0.1, 0.15) is 11.1 Å². The summed E-state index contributed by atoms with van der Waals surface area (Å²) in [6.45, 7) is 1.67. The minimum atomic E-state index is 0.430. The summed E-state index contributed by atoms with van der Waals surface area (Å²) in [5.74, 6) is 0. The first-order valence-electron chi connectivity index (χ1n) is 5.15. The molecule has 0 atom stereocenters. The van der Waals surface area contributed by atoms with Gasteiger partial charge in [-0.2, -0.15) is 11.3 Å². The zero-order valence-electron chi connectivity index (χ0n) is 9.36. The smallest absolute Gasteiger partial charge is 0.135 e. The van der Waals surface area contributed by atoms with E-state index >= 15 is 0 Å². The molecule has 0 saturated carbocycles. The van der Waals surface area contributed by atoms with E-state index in [2.05, 4.69) is 33.8 Å². The lowest BCUT2D eigenvalue weighted by Gasteiger charge is -2.16. The van der Waals surface area contributed by atoms with Gasteiger partial charge in [0, 0.05) is 18.7 Å². The highest BCUT2D eigenvalue weighted by atomic mass is 35.5. The van der Waals surface area contributed by atoms with Gasteiger partial charge in [-0.3, -0.25) is 4.90 Å². The lowest BCUT2D eigenvalue weighted by atomic mass is 10.2. The molecule has 0 fully saturated rings. The first kappa shape index (κ1) is 12.8. The Labute approximate surface area is 115 Å².